The molecular formula is C10H10NO. The zero-order valence-electron chi connectivity index (χ0n) is 6.76. The Morgan fingerprint density at radius 3 is 3.17 bits per heavy atom. The number of benzene rings is 1. The van der Waals surface area contributed by atoms with Crippen molar-refractivity contribution in [3.8, 4) is 0 Å². The monoisotopic (exact) mass is 160 g/mol. The van der Waals surface area contributed by atoms with Gasteiger partial charge in [0, 0.05) is 13.1 Å². The first-order valence-corrected chi connectivity index (χ1v) is 4.25. The molecule has 3 rings (SSSR count). The van der Waals surface area contributed by atoms with Crippen molar-refractivity contribution in [3.63, 3.8) is 0 Å². The minimum Gasteiger partial charge on any atom is -0.363 e. The molecule has 1 N–H and O–H groups in total. The predicted molar refractivity (Wildman–Crippen MR) is 44.6 cm³/mol. The SMILES string of the molecule is [c]1ccc2c(c1)COC21CNC1. The predicted octanol–water partition coefficient (Wildman–Crippen LogP) is 0.815. The second kappa shape index (κ2) is 2.09. The number of hydrogen-bond acceptors (Lipinski definition) is 2. The van der Waals surface area contributed by atoms with Crippen molar-refractivity contribution in [2.75, 3.05) is 13.1 Å². The van der Waals surface area contributed by atoms with Gasteiger partial charge in [-0.3, -0.25) is 0 Å². The van der Waals surface area contributed by atoms with E-state index in [9.17, 15) is 0 Å². The molecule has 2 nitrogen and oxygen atoms in total. The van der Waals surface area contributed by atoms with Gasteiger partial charge in [0.25, 0.3) is 0 Å². The molecule has 0 amide bonds. The van der Waals surface area contributed by atoms with Gasteiger partial charge in [-0.1, -0.05) is 12.1 Å². The molecule has 61 valence electrons. The highest BCUT2D eigenvalue weighted by Gasteiger charge is 2.44. The minimum absolute atomic E-state index is 0.0183. The van der Waals surface area contributed by atoms with Crippen LogP contribution in [0.2, 0.25) is 0 Å². The second-order valence-electron chi connectivity index (χ2n) is 3.47. The van der Waals surface area contributed by atoms with Crippen LogP contribution in [0.25, 0.3) is 0 Å². The van der Waals surface area contributed by atoms with E-state index in [1.54, 1.807) is 0 Å². The van der Waals surface area contributed by atoms with Gasteiger partial charge in [0.1, 0.15) is 5.60 Å². The molecule has 1 radical (unpaired) electrons. The summed E-state index contributed by atoms with van der Waals surface area (Å²) >= 11 is 0. The fourth-order valence-electron chi connectivity index (χ4n) is 1.97. The molecule has 1 aromatic carbocycles. The van der Waals surface area contributed by atoms with Gasteiger partial charge in [0.15, 0.2) is 0 Å². The molecule has 0 aromatic heterocycles. The maximum atomic E-state index is 5.76. The third kappa shape index (κ3) is 0.667. The lowest BCUT2D eigenvalue weighted by Gasteiger charge is -2.38. The molecular weight excluding hydrogens is 150 g/mol. The summed E-state index contributed by atoms with van der Waals surface area (Å²) in [5.74, 6) is 0. The number of fused-ring (bicyclic) bond motifs is 2. The Hall–Kier alpha value is -0.860. The molecule has 2 aliphatic rings. The smallest absolute Gasteiger partial charge is 0.119 e. The number of ether oxygens (including phenoxy) is 1. The molecule has 0 bridgehead atoms. The third-order valence-corrected chi connectivity index (χ3v) is 2.77. The summed E-state index contributed by atoms with van der Waals surface area (Å²) in [4.78, 5) is 0. The number of hydrogen-bond donors (Lipinski definition) is 1. The Labute approximate surface area is 71.5 Å². The van der Waals surface area contributed by atoms with Crippen molar-refractivity contribution in [1.29, 1.82) is 0 Å². The van der Waals surface area contributed by atoms with E-state index in [-0.39, 0.29) is 5.60 Å². The van der Waals surface area contributed by atoms with Crippen molar-refractivity contribution in [2.24, 2.45) is 0 Å². The Balaban J connectivity index is 2.13. The highest BCUT2D eigenvalue weighted by Crippen LogP contribution is 2.38. The van der Waals surface area contributed by atoms with Crippen LogP contribution in [0.4, 0.5) is 0 Å². The van der Waals surface area contributed by atoms with E-state index in [0.29, 0.717) is 0 Å². The Kier molecular flexibility index (Phi) is 1.15. The first-order valence-electron chi connectivity index (χ1n) is 4.25. The van der Waals surface area contributed by atoms with E-state index in [1.807, 2.05) is 12.1 Å². The van der Waals surface area contributed by atoms with E-state index in [1.165, 1.54) is 11.1 Å². The van der Waals surface area contributed by atoms with Crippen molar-refractivity contribution < 1.29 is 4.74 Å². The van der Waals surface area contributed by atoms with Gasteiger partial charge >= 0.3 is 0 Å². The quantitative estimate of drug-likeness (QED) is 0.606. The van der Waals surface area contributed by atoms with E-state index >= 15 is 0 Å². The average Bonchev–Trinajstić information content (AvgIpc) is 2.42. The summed E-state index contributed by atoms with van der Waals surface area (Å²) in [6.07, 6.45) is 0. The van der Waals surface area contributed by atoms with Crippen LogP contribution in [0.15, 0.2) is 18.2 Å². The van der Waals surface area contributed by atoms with Crippen molar-refractivity contribution in [2.45, 2.75) is 12.2 Å². The molecule has 0 atom stereocenters. The maximum Gasteiger partial charge on any atom is 0.119 e. The number of nitrogens with one attached hydrogen (secondary N) is 1. The molecule has 1 saturated heterocycles. The maximum absolute atomic E-state index is 5.76. The fourth-order valence-corrected chi connectivity index (χ4v) is 1.97. The van der Waals surface area contributed by atoms with Crippen LogP contribution in [0.5, 0.6) is 0 Å². The van der Waals surface area contributed by atoms with Crippen molar-refractivity contribution in [3.05, 3.63) is 35.4 Å². The molecule has 1 aromatic rings. The van der Waals surface area contributed by atoms with Crippen LogP contribution in [0, 0.1) is 6.07 Å². The Morgan fingerprint density at radius 1 is 1.50 bits per heavy atom. The van der Waals surface area contributed by atoms with Crippen LogP contribution in [-0.4, -0.2) is 13.1 Å². The summed E-state index contributed by atoms with van der Waals surface area (Å²) in [5.41, 5.74) is 2.68. The first kappa shape index (κ1) is 6.63. The molecule has 0 aliphatic carbocycles. The summed E-state index contributed by atoms with van der Waals surface area (Å²) in [6, 6.07) is 9.20. The molecule has 2 aliphatic heterocycles. The fraction of sp³-hybridized carbons (Fsp3) is 0.400. The van der Waals surface area contributed by atoms with Gasteiger partial charge in [-0.05, 0) is 23.3 Å². The largest absolute Gasteiger partial charge is 0.363 e. The first-order chi connectivity index (χ1) is 5.91. The van der Waals surface area contributed by atoms with Crippen LogP contribution < -0.4 is 5.32 Å². The highest BCUT2D eigenvalue weighted by atomic mass is 16.5. The zero-order chi connectivity index (χ0) is 8.02. The molecule has 2 heterocycles. The second-order valence-corrected chi connectivity index (χ2v) is 3.47. The van der Waals surface area contributed by atoms with Crippen LogP contribution >= 0.6 is 0 Å². The van der Waals surface area contributed by atoms with Crippen LogP contribution in [0.3, 0.4) is 0 Å². The van der Waals surface area contributed by atoms with Gasteiger partial charge < -0.3 is 10.1 Å². The molecule has 1 fully saturated rings. The van der Waals surface area contributed by atoms with Crippen LogP contribution in [0.1, 0.15) is 11.1 Å². The molecule has 0 saturated carbocycles. The summed E-state index contributed by atoms with van der Waals surface area (Å²) in [6.45, 7) is 2.68. The lowest BCUT2D eigenvalue weighted by Crippen LogP contribution is -2.56. The van der Waals surface area contributed by atoms with Gasteiger partial charge in [-0.25, -0.2) is 0 Å². The van der Waals surface area contributed by atoms with E-state index in [2.05, 4.69) is 17.4 Å². The average molecular weight is 160 g/mol. The zero-order valence-corrected chi connectivity index (χ0v) is 6.76. The highest BCUT2D eigenvalue weighted by molar-refractivity contribution is 5.37. The van der Waals surface area contributed by atoms with Crippen molar-refractivity contribution in [1.82, 2.24) is 5.32 Å². The minimum atomic E-state index is 0.0183. The van der Waals surface area contributed by atoms with Gasteiger partial charge in [0.05, 0.1) is 6.61 Å². The Bertz CT molecular complexity index is 317. The topological polar surface area (TPSA) is 21.3 Å². The molecule has 1 spiro atoms. The number of rotatable bonds is 0. The van der Waals surface area contributed by atoms with Crippen molar-refractivity contribution >= 4 is 0 Å². The summed E-state index contributed by atoms with van der Waals surface area (Å²) in [7, 11) is 0. The molecule has 12 heavy (non-hydrogen) atoms. The molecule has 2 heteroatoms. The normalized spacial score (nSPS) is 23.7. The van der Waals surface area contributed by atoms with Gasteiger partial charge in [-0.15, -0.1) is 0 Å². The van der Waals surface area contributed by atoms with Gasteiger partial charge in [-0.2, -0.15) is 0 Å². The summed E-state index contributed by atoms with van der Waals surface area (Å²) in [5, 5.41) is 3.25. The summed E-state index contributed by atoms with van der Waals surface area (Å²) < 4.78 is 5.76. The third-order valence-electron chi connectivity index (χ3n) is 2.77. The van der Waals surface area contributed by atoms with E-state index < -0.39 is 0 Å². The Morgan fingerprint density at radius 2 is 2.42 bits per heavy atom. The molecule has 0 unspecified atom stereocenters. The van der Waals surface area contributed by atoms with Crippen LogP contribution in [-0.2, 0) is 16.9 Å². The lowest BCUT2D eigenvalue weighted by molar-refractivity contribution is -0.0746. The van der Waals surface area contributed by atoms with Gasteiger partial charge in [0.2, 0.25) is 0 Å². The lowest BCUT2D eigenvalue weighted by atomic mass is 9.87. The standard InChI is InChI=1S/C10H10NO/c1-2-4-9-8(3-1)5-12-10(9)6-11-7-10/h2-4,11H,5-7H2. The van der Waals surface area contributed by atoms with E-state index in [4.69, 9.17) is 4.74 Å². The van der Waals surface area contributed by atoms with E-state index in [0.717, 1.165) is 19.7 Å².